The second-order valence-electron chi connectivity index (χ2n) is 2.86. The molecule has 0 unspecified atom stereocenters. The van der Waals surface area contributed by atoms with Crippen LogP contribution in [-0.4, -0.2) is 15.0 Å². The average Bonchev–Trinajstić information content (AvgIpc) is 2.15. The Bertz CT molecular complexity index is 403. The number of rotatable bonds is 4. The van der Waals surface area contributed by atoms with E-state index in [1.165, 1.54) is 0 Å². The lowest BCUT2D eigenvalue weighted by Crippen LogP contribution is -2.24. The number of hydrogen-bond acceptors (Lipinski definition) is 2. The first-order valence-corrected chi connectivity index (χ1v) is 6.59. The van der Waals surface area contributed by atoms with E-state index < -0.39 is 10.0 Å². The van der Waals surface area contributed by atoms with Gasteiger partial charge in [-0.25, -0.2) is 13.1 Å². The molecule has 1 aromatic rings. The van der Waals surface area contributed by atoms with Gasteiger partial charge in [0.15, 0.2) is 0 Å². The quantitative estimate of drug-likeness (QED) is 0.917. The van der Waals surface area contributed by atoms with Crippen molar-refractivity contribution in [1.82, 2.24) is 4.72 Å². The molecule has 0 aliphatic rings. The van der Waals surface area contributed by atoms with Gasteiger partial charge < -0.3 is 0 Å². The molecule has 5 heteroatoms. The van der Waals surface area contributed by atoms with Crippen LogP contribution < -0.4 is 4.72 Å². The van der Waals surface area contributed by atoms with E-state index in [-0.39, 0.29) is 0 Å². The summed E-state index contributed by atoms with van der Waals surface area (Å²) in [5.41, 5.74) is 0. The lowest BCUT2D eigenvalue weighted by Gasteiger charge is -2.05. The van der Waals surface area contributed by atoms with Crippen LogP contribution in [0.4, 0.5) is 0 Å². The third-order valence-electron chi connectivity index (χ3n) is 1.65. The van der Waals surface area contributed by atoms with Gasteiger partial charge in [0.05, 0.1) is 4.90 Å². The SMILES string of the molecule is CCCNS(=O)(=O)c1cccc(Br)c1. The summed E-state index contributed by atoms with van der Waals surface area (Å²) in [7, 11) is -3.32. The number of sulfonamides is 1. The second-order valence-corrected chi connectivity index (χ2v) is 5.54. The summed E-state index contributed by atoms with van der Waals surface area (Å²) < 4.78 is 26.5. The highest BCUT2D eigenvalue weighted by Gasteiger charge is 2.12. The van der Waals surface area contributed by atoms with Crippen LogP contribution in [0, 0.1) is 0 Å². The van der Waals surface area contributed by atoms with Gasteiger partial charge in [0.25, 0.3) is 0 Å². The topological polar surface area (TPSA) is 46.2 Å². The molecule has 78 valence electrons. The molecule has 0 spiro atoms. The van der Waals surface area contributed by atoms with Crippen LogP contribution >= 0.6 is 15.9 Å². The Morgan fingerprint density at radius 2 is 2.14 bits per heavy atom. The summed E-state index contributed by atoms with van der Waals surface area (Å²) in [6.07, 6.45) is 0.785. The Hall–Kier alpha value is -0.390. The van der Waals surface area contributed by atoms with Crippen molar-refractivity contribution in [2.75, 3.05) is 6.54 Å². The van der Waals surface area contributed by atoms with E-state index in [1.54, 1.807) is 24.3 Å². The van der Waals surface area contributed by atoms with Crippen molar-refractivity contribution in [2.45, 2.75) is 18.2 Å². The molecule has 1 aromatic carbocycles. The Morgan fingerprint density at radius 3 is 2.71 bits per heavy atom. The lowest BCUT2D eigenvalue weighted by atomic mass is 10.4. The van der Waals surface area contributed by atoms with Crippen molar-refractivity contribution in [1.29, 1.82) is 0 Å². The predicted octanol–water partition coefficient (Wildman–Crippen LogP) is 2.14. The van der Waals surface area contributed by atoms with Crippen LogP contribution in [0.2, 0.25) is 0 Å². The summed E-state index contributed by atoms with van der Waals surface area (Å²) in [6.45, 7) is 2.39. The summed E-state index contributed by atoms with van der Waals surface area (Å²) >= 11 is 3.23. The fourth-order valence-electron chi connectivity index (χ4n) is 0.954. The zero-order valence-electron chi connectivity index (χ0n) is 7.83. The molecule has 1 rings (SSSR count). The fraction of sp³-hybridized carbons (Fsp3) is 0.333. The highest BCUT2D eigenvalue weighted by atomic mass is 79.9. The average molecular weight is 278 g/mol. The van der Waals surface area contributed by atoms with E-state index in [9.17, 15) is 8.42 Å². The van der Waals surface area contributed by atoms with Crippen LogP contribution in [0.15, 0.2) is 33.6 Å². The van der Waals surface area contributed by atoms with Gasteiger partial charge in [-0.05, 0) is 24.6 Å². The minimum Gasteiger partial charge on any atom is -0.211 e. The zero-order valence-corrected chi connectivity index (χ0v) is 10.2. The Morgan fingerprint density at radius 1 is 1.43 bits per heavy atom. The fourth-order valence-corrected chi connectivity index (χ4v) is 2.68. The number of nitrogens with one attached hydrogen (secondary N) is 1. The Balaban J connectivity index is 2.93. The van der Waals surface area contributed by atoms with Crippen LogP contribution in [0.5, 0.6) is 0 Å². The molecule has 0 radical (unpaired) electrons. The molecule has 0 amide bonds. The van der Waals surface area contributed by atoms with Crippen LogP contribution in [0.3, 0.4) is 0 Å². The van der Waals surface area contributed by atoms with Crippen LogP contribution in [-0.2, 0) is 10.0 Å². The molecule has 1 N–H and O–H groups in total. The third-order valence-corrected chi connectivity index (χ3v) is 3.60. The standard InChI is InChI=1S/C9H12BrNO2S/c1-2-6-11-14(12,13)9-5-3-4-8(10)7-9/h3-5,7,11H,2,6H2,1H3. The van der Waals surface area contributed by atoms with Crippen molar-refractivity contribution in [3.05, 3.63) is 28.7 Å². The molecule has 14 heavy (non-hydrogen) atoms. The molecule has 0 saturated carbocycles. The van der Waals surface area contributed by atoms with E-state index in [0.717, 1.165) is 10.9 Å². The minimum absolute atomic E-state index is 0.292. The maximum absolute atomic E-state index is 11.6. The van der Waals surface area contributed by atoms with E-state index >= 15 is 0 Å². The third kappa shape index (κ3) is 3.08. The van der Waals surface area contributed by atoms with Crippen molar-refractivity contribution in [2.24, 2.45) is 0 Å². The number of halogens is 1. The Labute approximate surface area is 92.7 Å². The Kier molecular flexibility index (Phi) is 4.10. The maximum Gasteiger partial charge on any atom is 0.240 e. The van der Waals surface area contributed by atoms with Gasteiger partial charge in [0.2, 0.25) is 10.0 Å². The van der Waals surface area contributed by atoms with Gasteiger partial charge in [0.1, 0.15) is 0 Å². The van der Waals surface area contributed by atoms with Crippen molar-refractivity contribution in [3.8, 4) is 0 Å². The highest BCUT2D eigenvalue weighted by molar-refractivity contribution is 9.10. The van der Waals surface area contributed by atoms with Crippen molar-refractivity contribution in [3.63, 3.8) is 0 Å². The van der Waals surface area contributed by atoms with Gasteiger partial charge >= 0.3 is 0 Å². The molecule has 0 aliphatic heterocycles. The molecule has 0 aromatic heterocycles. The molecule has 0 heterocycles. The first-order chi connectivity index (χ1) is 6.56. The minimum atomic E-state index is -3.32. The van der Waals surface area contributed by atoms with Gasteiger partial charge in [-0.1, -0.05) is 28.9 Å². The molecular weight excluding hydrogens is 266 g/mol. The predicted molar refractivity (Wildman–Crippen MR) is 59.6 cm³/mol. The largest absolute Gasteiger partial charge is 0.240 e. The molecule has 0 saturated heterocycles. The summed E-state index contributed by atoms with van der Waals surface area (Å²) in [6, 6.07) is 6.64. The molecule has 3 nitrogen and oxygen atoms in total. The first kappa shape index (κ1) is 11.7. The van der Waals surface area contributed by atoms with E-state index in [2.05, 4.69) is 20.7 Å². The van der Waals surface area contributed by atoms with Crippen molar-refractivity contribution >= 4 is 26.0 Å². The van der Waals surface area contributed by atoms with Crippen molar-refractivity contribution < 1.29 is 8.42 Å². The molecule has 0 atom stereocenters. The van der Waals surface area contributed by atoms with Crippen LogP contribution in [0.1, 0.15) is 13.3 Å². The maximum atomic E-state index is 11.6. The number of benzene rings is 1. The molecule has 0 fully saturated rings. The second kappa shape index (κ2) is 4.91. The van der Waals surface area contributed by atoms with Gasteiger partial charge in [-0.2, -0.15) is 0 Å². The molecule has 0 bridgehead atoms. The van der Waals surface area contributed by atoms with E-state index in [1.807, 2.05) is 6.92 Å². The van der Waals surface area contributed by atoms with Gasteiger partial charge in [-0.3, -0.25) is 0 Å². The summed E-state index contributed by atoms with van der Waals surface area (Å²) in [5.74, 6) is 0. The monoisotopic (exact) mass is 277 g/mol. The van der Waals surface area contributed by atoms with Crippen LogP contribution in [0.25, 0.3) is 0 Å². The van der Waals surface area contributed by atoms with E-state index in [4.69, 9.17) is 0 Å². The number of hydrogen-bond donors (Lipinski definition) is 1. The zero-order chi connectivity index (χ0) is 10.6. The summed E-state index contributed by atoms with van der Waals surface area (Å²) in [5, 5.41) is 0. The molecule has 0 aliphatic carbocycles. The van der Waals surface area contributed by atoms with E-state index in [0.29, 0.717) is 11.4 Å². The smallest absolute Gasteiger partial charge is 0.211 e. The molecular formula is C9H12BrNO2S. The lowest BCUT2D eigenvalue weighted by molar-refractivity contribution is 0.581. The first-order valence-electron chi connectivity index (χ1n) is 4.31. The highest BCUT2D eigenvalue weighted by Crippen LogP contribution is 2.15. The normalized spacial score (nSPS) is 11.6. The summed E-state index contributed by atoms with van der Waals surface area (Å²) in [4.78, 5) is 0.292. The van der Waals surface area contributed by atoms with Gasteiger partial charge in [0, 0.05) is 11.0 Å². The van der Waals surface area contributed by atoms with Gasteiger partial charge in [-0.15, -0.1) is 0 Å².